The SMILES string of the molecule is Cc1ccc(CN(C)C(=O)NCCCOC2CCCC2)o1. The van der Waals surface area contributed by atoms with Crippen LogP contribution in [0.15, 0.2) is 16.5 Å². The summed E-state index contributed by atoms with van der Waals surface area (Å²) in [7, 11) is 1.77. The lowest BCUT2D eigenvalue weighted by Crippen LogP contribution is -2.37. The third kappa shape index (κ3) is 5.42. The van der Waals surface area contributed by atoms with Crippen LogP contribution in [0.5, 0.6) is 0 Å². The first-order valence-corrected chi connectivity index (χ1v) is 7.81. The molecule has 0 radical (unpaired) electrons. The summed E-state index contributed by atoms with van der Waals surface area (Å²) in [5.74, 6) is 1.66. The molecule has 1 fully saturated rings. The lowest BCUT2D eigenvalue weighted by molar-refractivity contribution is 0.0570. The van der Waals surface area contributed by atoms with E-state index in [0.717, 1.165) is 24.5 Å². The Balaban J connectivity index is 1.55. The van der Waals surface area contributed by atoms with Gasteiger partial charge in [0.15, 0.2) is 0 Å². The molecule has 1 aliphatic rings. The van der Waals surface area contributed by atoms with Crippen molar-refractivity contribution in [1.29, 1.82) is 0 Å². The van der Waals surface area contributed by atoms with Crippen LogP contribution in [0.4, 0.5) is 4.79 Å². The number of furan rings is 1. The second-order valence-electron chi connectivity index (χ2n) is 5.73. The predicted octanol–water partition coefficient (Wildman–Crippen LogP) is 3.08. The van der Waals surface area contributed by atoms with Crippen LogP contribution >= 0.6 is 0 Å². The Labute approximate surface area is 126 Å². The maximum atomic E-state index is 11.9. The third-order valence-corrected chi connectivity index (χ3v) is 3.79. The van der Waals surface area contributed by atoms with E-state index < -0.39 is 0 Å². The predicted molar refractivity (Wildman–Crippen MR) is 81.1 cm³/mol. The second kappa shape index (κ2) is 8.08. The Bertz CT molecular complexity index is 438. The van der Waals surface area contributed by atoms with Crippen molar-refractivity contribution in [2.24, 2.45) is 0 Å². The molecule has 1 aromatic heterocycles. The molecular formula is C16H26N2O3. The molecular weight excluding hydrogens is 268 g/mol. The summed E-state index contributed by atoms with van der Waals surface area (Å²) in [6, 6.07) is 3.72. The van der Waals surface area contributed by atoms with E-state index in [4.69, 9.17) is 9.15 Å². The van der Waals surface area contributed by atoms with Gasteiger partial charge in [0, 0.05) is 20.2 Å². The number of ether oxygens (including phenoxy) is 1. The monoisotopic (exact) mass is 294 g/mol. The van der Waals surface area contributed by atoms with Crippen LogP contribution in [0, 0.1) is 6.92 Å². The van der Waals surface area contributed by atoms with E-state index >= 15 is 0 Å². The van der Waals surface area contributed by atoms with E-state index in [9.17, 15) is 4.79 Å². The average molecular weight is 294 g/mol. The van der Waals surface area contributed by atoms with Gasteiger partial charge in [0.25, 0.3) is 0 Å². The quantitative estimate of drug-likeness (QED) is 0.786. The highest BCUT2D eigenvalue weighted by Gasteiger charge is 2.15. The molecule has 1 saturated carbocycles. The van der Waals surface area contributed by atoms with Gasteiger partial charge in [0.1, 0.15) is 11.5 Å². The van der Waals surface area contributed by atoms with Gasteiger partial charge in [0.05, 0.1) is 12.6 Å². The van der Waals surface area contributed by atoms with Gasteiger partial charge in [-0.3, -0.25) is 0 Å². The van der Waals surface area contributed by atoms with Gasteiger partial charge in [-0.1, -0.05) is 12.8 Å². The van der Waals surface area contributed by atoms with E-state index in [0.29, 0.717) is 19.2 Å². The Hall–Kier alpha value is -1.49. The Morgan fingerprint density at radius 2 is 2.19 bits per heavy atom. The molecule has 1 aliphatic carbocycles. The highest BCUT2D eigenvalue weighted by molar-refractivity contribution is 5.73. The van der Waals surface area contributed by atoms with Crippen molar-refractivity contribution in [1.82, 2.24) is 10.2 Å². The second-order valence-corrected chi connectivity index (χ2v) is 5.73. The molecule has 5 heteroatoms. The zero-order valence-corrected chi connectivity index (χ0v) is 13.1. The van der Waals surface area contributed by atoms with Crippen molar-refractivity contribution in [2.75, 3.05) is 20.2 Å². The van der Waals surface area contributed by atoms with Gasteiger partial charge in [-0.25, -0.2) is 4.79 Å². The van der Waals surface area contributed by atoms with Gasteiger partial charge in [-0.05, 0) is 38.3 Å². The van der Waals surface area contributed by atoms with Gasteiger partial charge in [-0.15, -0.1) is 0 Å². The normalized spacial score (nSPS) is 15.3. The first kappa shape index (κ1) is 15.9. The van der Waals surface area contributed by atoms with Crippen molar-refractivity contribution < 1.29 is 13.9 Å². The molecule has 1 heterocycles. The topological polar surface area (TPSA) is 54.7 Å². The van der Waals surface area contributed by atoms with Crippen LogP contribution in [0.3, 0.4) is 0 Å². The van der Waals surface area contributed by atoms with Crippen LogP contribution in [0.2, 0.25) is 0 Å². The van der Waals surface area contributed by atoms with Crippen LogP contribution in [-0.2, 0) is 11.3 Å². The van der Waals surface area contributed by atoms with Crippen LogP contribution < -0.4 is 5.32 Å². The molecule has 0 atom stereocenters. The van der Waals surface area contributed by atoms with E-state index in [1.807, 2.05) is 19.1 Å². The number of nitrogens with zero attached hydrogens (tertiary/aromatic N) is 1. The molecule has 118 valence electrons. The summed E-state index contributed by atoms with van der Waals surface area (Å²) in [5, 5.41) is 2.90. The molecule has 0 unspecified atom stereocenters. The average Bonchev–Trinajstić information content (AvgIpc) is 3.10. The van der Waals surface area contributed by atoms with Crippen molar-refractivity contribution in [3.8, 4) is 0 Å². The van der Waals surface area contributed by atoms with Gasteiger partial charge in [-0.2, -0.15) is 0 Å². The van der Waals surface area contributed by atoms with E-state index in [2.05, 4.69) is 5.32 Å². The number of hydrogen-bond donors (Lipinski definition) is 1. The fourth-order valence-electron chi connectivity index (χ4n) is 2.58. The molecule has 1 aromatic rings. The van der Waals surface area contributed by atoms with E-state index in [1.54, 1.807) is 11.9 Å². The lowest BCUT2D eigenvalue weighted by atomic mass is 10.3. The maximum absolute atomic E-state index is 11.9. The van der Waals surface area contributed by atoms with Crippen LogP contribution in [0.1, 0.15) is 43.6 Å². The molecule has 1 N–H and O–H groups in total. The first-order valence-electron chi connectivity index (χ1n) is 7.81. The number of rotatable bonds is 7. The lowest BCUT2D eigenvalue weighted by Gasteiger charge is -2.17. The van der Waals surface area contributed by atoms with Gasteiger partial charge >= 0.3 is 6.03 Å². The van der Waals surface area contributed by atoms with Crippen LogP contribution in [0.25, 0.3) is 0 Å². The Morgan fingerprint density at radius 3 is 2.86 bits per heavy atom. The summed E-state index contributed by atoms with van der Waals surface area (Å²) < 4.78 is 11.2. The molecule has 2 amide bonds. The van der Waals surface area contributed by atoms with Crippen molar-refractivity contribution >= 4 is 6.03 Å². The molecule has 0 saturated heterocycles. The largest absolute Gasteiger partial charge is 0.464 e. The molecule has 2 rings (SSSR count). The molecule has 21 heavy (non-hydrogen) atoms. The summed E-state index contributed by atoms with van der Waals surface area (Å²) >= 11 is 0. The van der Waals surface area contributed by atoms with Crippen molar-refractivity contribution in [2.45, 2.75) is 51.7 Å². The fourth-order valence-corrected chi connectivity index (χ4v) is 2.58. The van der Waals surface area contributed by atoms with Gasteiger partial charge < -0.3 is 19.4 Å². The Kier molecular flexibility index (Phi) is 6.11. The summed E-state index contributed by atoms with van der Waals surface area (Å²) in [6.07, 6.45) is 6.27. The summed E-state index contributed by atoms with van der Waals surface area (Å²) in [4.78, 5) is 13.5. The minimum Gasteiger partial charge on any atom is -0.464 e. The maximum Gasteiger partial charge on any atom is 0.317 e. The molecule has 0 spiro atoms. The zero-order valence-electron chi connectivity index (χ0n) is 13.1. The smallest absolute Gasteiger partial charge is 0.317 e. The zero-order chi connectivity index (χ0) is 15.1. The van der Waals surface area contributed by atoms with E-state index in [-0.39, 0.29) is 6.03 Å². The molecule has 0 bridgehead atoms. The molecule has 0 aromatic carbocycles. The van der Waals surface area contributed by atoms with Crippen LogP contribution in [-0.4, -0.2) is 37.2 Å². The molecule has 5 nitrogen and oxygen atoms in total. The minimum atomic E-state index is -0.0788. The number of hydrogen-bond acceptors (Lipinski definition) is 3. The number of urea groups is 1. The summed E-state index contributed by atoms with van der Waals surface area (Å²) in [5.41, 5.74) is 0. The number of aryl methyl sites for hydroxylation is 1. The Morgan fingerprint density at radius 1 is 1.43 bits per heavy atom. The molecule has 0 aliphatic heterocycles. The van der Waals surface area contributed by atoms with Crippen molar-refractivity contribution in [3.05, 3.63) is 23.7 Å². The third-order valence-electron chi connectivity index (χ3n) is 3.79. The number of amides is 2. The first-order chi connectivity index (χ1) is 10.1. The summed E-state index contributed by atoms with van der Waals surface area (Å²) in [6.45, 7) is 3.76. The van der Waals surface area contributed by atoms with E-state index in [1.165, 1.54) is 25.7 Å². The fraction of sp³-hybridized carbons (Fsp3) is 0.688. The van der Waals surface area contributed by atoms with Crippen molar-refractivity contribution in [3.63, 3.8) is 0 Å². The van der Waals surface area contributed by atoms with Gasteiger partial charge in [0.2, 0.25) is 0 Å². The number of carbonyl (C=O) groups is 1. The number of nitrogens with one attached hydrogen (secondary N) is 1. The standard InChI is InChI=1S/C16H26N2O3/c1-13-8-9-15(21-13)12-18(2)16(19)17-10-5-11-20-14-6-3-4-7-14/h8-9,14H,3-7,10-12H2,1-2H3,(H,17,19). The highest BCUT2D eigenvalue weighted by atomic mass is 16.5. The highest BCUT2D eigenvalue weighted by Crippen LogP contribution is 2.20. The number of carbonyl (C=O) groups excluding carboxylic acids is 1. The minimum absolute atomic E-state index is 0.0788.